The van der Waals surface area contributed by atoms with Crippen LogP contribution in [0, 0.1) is 0 Å². The number of methoxy groups -OCH3 is 2. The maximum absolute atomic E-state index is 12.7. The molecule has 0 aromatic heterocycles. The Labute approximate surface area is 252 Å². The van der Waals surface area contributed by atoms with Gasteiger partial charge >= 0.3 is 0 Å². The lowest BCUT2D eigenvalue weighted by Crippen LogP contribution is -2.49. The second kappa shape index (κ2) is 14.2. The van der Waals surface area contributed by atoms with Crippen molar-refractivity contribution in [1.29, 1.82) is 0 Å². The highest BCUT2D eigenvalue weighted by atomic mass is 16.5. The van der Waals surface area contributed by atoms with E-state index < -0.39 is 0 Å². The molecule has 0 unspecified atom stereocenters. The maximum atomic E-state index is 12.7. The van der Waals surface area contributed by atoms with Crippen LogP contribution in [-0.2, 0) is 20.4 Å². The van der Waals surface area contributed by atoms with Crippen LogP contribution in [0.1, 0.15) is 63.8 Å². The number of hydrogen-bond donors (Lipinski definition) is 0. The summed E-state index contributed by atoms with van der Waals surface area (Å²) < 4.78 is 11.1. The molecule has 1 fully saturated rings. The summed E-state index contributed by atoms with van der Waals surface area (Å²) in [6.45, 7) is 15.0. The zero-order valence-corrected chi connectivity index (χ0v) is 26.4. The number of benzene rings is 2. The van der Waals surface area contributed by atoms with Gasteiger partial charge in [-0.3, -0.25) is 9.59 Å². The van der Waals surface area contributed by atoms with Crippen molar-refractivity contribution in [2.24, 2.45) is 0 Å². The largest absolute Gasteiger partial charge is 0.496 e. The van der Waals surface area contributed by atoms with Gasteiger partial charge in [0.25, 0.3) is 0 Å². The Bertz CT molecular complexity index is 1260. The van der Waals surface area contributed by atoms with Gasteiger partial charge in [-0.25, -0.2) is 0 Å². The number of carbonyl (C=O) groups excluding carboxylic acids is 2. The summed E-state index contributed by atoms with van der Waals surface area (Å²) in [7, 11) is 3.33. The van der Waals surface area contributed by atoms with E-state index in [-0.39, 0.29) is 22.6 Å². The Morgan fingerprint density at radius 1 is 0.619 bits per heavy atom. The fourth-order valence-corrected chi connectivity index (χ4v) is 4.58. The van der Waals surface area contributed by atoms with Crippen molar-refractivity contribution >= 4 is 24.0 Å². The first-order valence-electron chi connectivity index (χ1n) is 14.5. The van der Waals surface area contributed by atoms with E-state index in [1.54, 1.807) is 48.3 Å². The van der Waals surface area contributed by atoms with Crippen LogP contribution in [-0.4, -0.2) is 62.0 Å². The Kier molecular flexibility index (Phi) is 11.0. The molecule has 0 radical (unpaired) electrons. The number of carbonyl (C=O) groups is 2. The molecule has 1 aliphatic rings. The summed E-state index contributed by atoms with van der Waals surface area (Å²) in [5.41, 5.74) is 4.39. The van der Waals surface area contributed by atoms with Crippen molar-refractivity contribution in [3.05, 3.63) is 95.1 Å². The van der Waals surface area contributed by atoms with Crippen molar-refractivity contribution in [2.75, 3.05) is 40.4 Å². The van der Waals surface area contributed by atoms with E-state index >= 15 is 0 Å². The molecule has 0 N–H and O–H groups in total. The Balaban J connectivity index is 1.49. The molecule has 0 saturated carbocycles. The Hall–Kier alpha value is -4.06. The molecule has 1 heterocycles. The van der Waals surface area contributed by atoms with Crippen LogP contribution in [0.15, 0.2) is 72.9 Å². The molecule has 2 aromatic rings. The molecule has 0 bridgehead atoms. The van der Waals surface area contributed by atoms with Gasteiger partial charge in [-0.2, -0.15) is 0 Å². The molecule has 42 heavy (non-hydrogen) atoms. The van der Waals surface area contributed by atoms with Gasteiger partial charge in [0.2, 0.25) is 11.8 Å². The van der Waals surface area contributed by atoms with E-state index in [9.17, 15) is 9.59 Å². The number of allylic oxidation sites excluding steroid dienone is 4. The Morgan fingerprint density at radius 3 is 1.29 bits per heavy atom. The quantitative estimate of drug-likeness (QED) is 0.259. The smallest absolute Gasteiger partial charge is 0.246 e. The van der Waals surface area contributed by atoms with Crippen LogP contribution in [0.3, 0.4) is 0 Å². The lowest BCUT2D eigenvalue weighted by atomic mass is 9.86. The fraction of sp³-hybridized carbons (Fsp3) is 0.389. The highest BCUT2D eigenvalue weighted by molar-refractivity contribution is 5.90. The lowest BCUT2D eigenvalue weighted by molar-refractivity contribution is -0.134. The normalized spacial score (nSPS) is 15.0. The van der Waals surface area contributed by atoms with Crippen molar-refractivity contribution in [2.45, 2.75) is 52.4 Å². The standard InChI is InChI=1S/C36H46N2O4/c1-35(2,3)29-19-17-27(31(25-29)41-7)13-9-11-15-33(39)37-21-23-38(24-22-37)34(40)16-12-10-14-28-18-20-30(36(4,5)6)26-32(28)42-8/h9-20,25-26H,21-24H2,1-8H3. The lowest BCUT2D eigenvalue weighted by Gasteiger charge is -2.33. The van der Waals surface area contributed by atoms with Gasteiger partial charge in [-0.1, -0.05) is 102 Å². The first-order chi connectivity index (χ1) is 19.8. The van der Waals surface area contributed by atoms with Crippen molar-refractivity contribution < 1.29 is 19.1 Å². The van der Waals surface area contributed by atoms with Gasteiger partial charge in [0.1, 0.15) is 11.5 Å². The van der Waals surface area contributed by atoms with Gasteiger partial charge in [-0.15, -0.1) is 0 Å². The van der Waals surface area contributed by atoms with E-state index in [0.717, 1.165) is 22.6 Å². The van der Waals surface area contributed by atoms with E-state index in [1.165, 1.54) is 11.1 Å². The number of rotatable bonds is 8. The Morgan fingerprint density at radius 2 is 0.976 bits per heavy atom. The molecule has 1 saturated heterocycles. The minimum atomic E-state index is -0.0632. The first-order valence-corrected chi connectivity index (χ1v) is 14.5. The number of ether oxygens (including phenoxy) is 2. The highest BCUT2D eigenvalue weighted by Gasteiger charge is 2.22. The SMILES string of the molecule is COc1cc(C(C)(C)C)ccc1C=CC=CC(=O)N1CCN(C(=O)C=CC=Cc2ccc(C(C)(C)C)cc2OC)CC1. The number of hydrogen-bond acceptors (Lipinski definition) is 4. The highest BCUT2D eigenvalue weighted by Crippen LogP contribution is 2.30. The van der Waals surface area contributed by atoms with Gasteiger partial charge in [-0.05, 0) is 34.1 Å². The van der Waals surface area contributed by atoms with Crippen LogP contribution < -0.4 is 9.47 Å². The molecule has 0 spiro atoms. The van der Waals surface area contributed by atoms with Crippen LogP contribution in [0.5, 0.6) is 11.5 Å². The van der Waals surface area contributed by atoms with Gasteiger partial charge in [0, 0.05) is 49.5 Å². The molecule has 6 nitrogen and oxygen atoms in total. The average molecular weight is 571 g/mol. The summed E-state index contributed by atoms with van der Waals surface area (Å²) in [4.78, 5) is 28.9. The zero-order chi connectivity index (χ0) is 30.9. The third-order valence-corrected chi connectivity index (χ3v) is 7.35. The molecular weight excluding hydrogens is 524 g/mol. The molecule has 2 aromatic carbocycles. The number of nitrogens with zero attached hydrogens (tertiary/aromatic N) is 2. The summed E-state index contributed by atoms with van der Waals surface area (Å²) in [5, 5.41) is 0. The molecule has 0 atom stereocenters. The summed E-state index contributed by atoms with van der Waals surface area (Å²) >= 11 is 0. The second-order valence-corrected chi connectivity index (χ2v) is 12.5. The van der Waals surface area contributed by atoms with E-state index in [0.29, 0.717) is 26.2 Å². The predicted molar refractivity (Wildman–Crippen MR) is 173 cm³/mol. The van der Waals surface area contributed by atoms with Crippen LogP contribution in [0.25, 0.3) is 12.2 Å². The maximum Gasteiger partial charge on any atom is 0.246 e. The molecule has 1 aliphatic heterocycles. The van der Waals surface area contributed by atoms with Crippen LogP contribution in [0.2, 0.25) is 0 Å². The molecule has 3 rings (SSSR count). The van der Waals surface area contributed by atoms with Crippen LogP contribution >= 0.6 is 0 Å². The predicted octanol–water partition coefficient (Wildman–Crippen LogP) is 6.81. The van der Waals surface area contributed by atoms with E-state index in [2.05, 4.69) is 65.8 Å². The molecule has 0 aliphatic carbocycles. The number of piperazine rings is 1. The van der Waals surface area contributed by atoms with Gasteiger partial charge in [0.15, 0.2) is 0 Å². The average Bonchev–Trinajstić information content (AvgIpc) is 2.96. The monoisotopic (exact) mass is 570 g/mol. The molecule has 6 heteroatoms. The summed E-state index contributed by atoms with van der Waals surface area (Å²) in [5.74, 6) is 1.48. The van der Waals surface area contributed by atoms with Crippen LogP contribution in [0.4, 0.5) is 0 Å². The van der Waals surface area contributed by atoms with E-state index in [1.807, 2.05) is 36.4 Å². The van der Waals surface area contributed by atoms with Crippen molar-refractivity contribution in [3.63, 3.8) is 0 Å². The fourth-order valence-electron chi connectivity index (χ4n) is 4.58. The molecule has 224 valence electrons. The van der Waals surface area contributed by atoms with E-state index in [4.69, 9.17) is 9.47 Å². The topological polar surface area (TPSA) is 59.1 Å². The zero-order valence-electron chi connectivity index (χ0n) is 26.4. The third kappa shape index (κ3) is 8.97. The second-order valence-electron chi connectivity index (χ2n) is 12.5. The van der Waals surface area contributed by atoms with Crippen molar-refractivity contribution in [1.82, 2.24) is 9.80 Å². The van der Waals surface area contributed by atoms with Gasteiger partial charge < -0.3 is 19.3 Å². The van der Waals surface area contributed by atoms with Crippen molar-refractivity contribution in [3.8, 4) is 11.5 Å². The number of amides is 2. The van der Waals surface area contributed by atoms with Gasteiger partial charge in [0.05, 0.1) is 14.2 Å². The molecule has 2 amide bonds. The molecular formula is C36H46N2O4. The first kappa shape index (κ1) is 32.5. The minimum absolute atomic E-state index is 0.0395. The summed E-state index contributed by atoms with van der Waals surface area (Å²) in [6, 6.07) is 12.4. The minimum Gasteiger partial charge on any atom is -0.496 e. The third-order valence-electron chi connectivity index (χ3n) is 7.35. The summed E-state index contributed by atoms with van der Waals surface area (Å²) in [6.07, 6.45) is 14.2.